The van der Waals surface area contributed by atoms with Crippen LogP contribution in [0.4, 0.5) is 5.69 Å². The van der Waals surface area contributed by atoms with E-state index in [0.717, 1.165) is 21.9 Å². The van der Waals surface area contributed by atoms with Crippen molar-refractivity contribution in [2.75, 3.05) is 5.32 Å². The molecule has 2 N–H and O–H groups in total. The first-order valence-electron chi connectivity index (χ1n) is 9.88. The maximum atomic E-state index is 12.7. The molecule has 0 spiro atoms. The van der Waals surface area contributed by atoms with Gasteiger partial charge in [-0.2, -0.15) is 0 Å². The quantitative estimate of drug-likeness (QED) is 0.486. The first-order valence-corrected chi connectivity index (χ1v) is 9.88. The molecule has 0 radical (unpaired) electrons. The first kappa shape index (κ1) is 19.4. The molecule has 0 fully saturated rings. The SMILES string of the molecule is O=C(Cc1cccc2ccccc12)Nc1ccccc1C(=O)NCc1ccccc1. The van der Waals surface area contributed by atoms with Gasteiger partial charge >= 0.3 is 0 Å². The van der Waals surface area contributed by atoms with Crippen molar-refractivity contribution < 1.29 is 9.59 Å². The fraction of sp³-hybridized carbons (Fsp3) is 0.0769. The van der Waals surface area contributed by atoms with Crippen LogP contribution in [0, 0.1) is 0 Å². The summed E-state index contributed by atoms with van der Waals surface area (Å²) in [6.45, 7) is 0.429. The molecule has 0 aliphatic carbocycles. The van der Waals surface area contributed by atoms with E-state index < -0.39 is 0 Å². The predicted octanol–water partition coefficient (Wildman–Crippen LogP) is 4.95. The number of rotatable bonds is 6. The first-order chi connectivity index (χ1) is 14.7. The van der Waals surface area contributed by atoms with Crippen LogP contribution in [-0.2, 0) is 17.8 Å². The fourth-order valence-corrected chi connectivity index (χ4v) is 3.48. The Bertz CT molecular complexity index is 1180. The second-order valence-corrected chi connectivity index (χ2v) is 7.08. The molecule has 4 rings (SSSR count). The molecule has 4 aromatic rings. The fourth-order valence-electron chi connectivity index (χ4n) is 3.48. The molecule has 148 valence electrons. The largest absolute Gasteiger partial charge is 0.348 e. The molecule has 30 heavy (non-hydrogen) atoms. The highest BCUT2D eigenvalue weighted by atomic mass is 16.2. The van der Waals surface area contributed by atoms with Crippen LogP contribution >= 0.6 is 0 Å². The molecule has 0 unspecified atom stereocenters. The van der Waals surface area contributed by atoms with Gasteiger partial charge in [-0.3, -0.25) is 9.59 Å². The third-order valence-corrected chi connectivity index (χ3v) is 4.97. The maximum Gasteiger partial charge on any atom is 0.253 e. The summed E-state index contributed by atoms with van der Waals surface area (Å²) in [6.07, 6.45) is 0.237. The van der Waals surface area contributed by atoms with Gasteiger partial charge < -0.3 is 10.6 Å². The number of nitrogens with one attached hydrogen (secondary N) is 2. The molecule has 0 bridgehead atoms. The van der Waals surface area contributed by atoms with Crippen molar-refractivity contribution in [3.05, 3.63) is 114 Å². The minimum absolute atomic E-state index is 0.158. The van der Waals surface area contributed by atoms with Gasteiger partial charge in [-0.25, -0.2) is 0 Å². The highest BCUT2D eigenvalue weighted by Gasteiger charge is 2.14. The van der Waals surface area contributed by atoms with E-state index in [4.69, 9.17) is 0 Å². The van der Waals surface area contributed by atoms with Crippen molar-refractivity contribution in [2.24, 2.45) is 0 Å². The van der Waals surface area contributed by atoms with Gasteiger partial charge in [-0.05, 0) is 34.0 Å². The molecule has 0 saturated carbocycles. The second kappa shape index (κ2) is 9.05. The summed E-state index contributed by atoms with van der Waals surface area (Å²) >= 11 is 0. The third kappa shape index (κ3) is 4.55. The molecular formula is C26H22N2O2. The molecule has 0 aliphatic heterocycles. The minimum Gasteiger partial charge on any atom is -0.348 e. The average molecular weight is 394 g/mol. The molecule has 4 aromatic carbocycles. The summed E-state index contributed by atoms with van der Waals surface area (Å²) < 4.78 is 0. The molecule has 4 nitrogen and oxygen atoms in total. The molecule has 0 aromatic heterocycles. The normalized spacial score (nSPS) is 10.5. The second-order valence-electron chi connectivity index (χ2n) is 7.08. The number of amides is 2. The number of carbonyl (C=O) groups is 2. The number of anilines is 1. The molecule has 4 heteroatoms. The highest BCUT2D eigenvalue weighted by molar-refractivity contribution is 6.04. The number of para-hydroxylation sites is 1. The van der Waals surface area contributed by atoms with Crippen LogP contribution < -0.4 is 10.6 Å². The molecule has 0 atom stereocenters. The summed E-state index contributed by atoms with van der Waals surface area (Å²) in [4.78, 5) is 25.4. The summed E-state index contributed by atoms with van der Waals surface area (Å²) in [5, 5.41) is 7.98. The van der Waals surface area contributed by atoms with Gasteiger partial charge in [0.1, 0.15) is 0 Å². The zero-order valence-corrected chi connectivity index (χ0v) is 16.5. The maximum absolute atomic E-state index is 12.7. The Kier molecular flexibility index (Phi) is 5.85. The van der Waals surface area contributed by atoms with E-state index >= 15 is 0 Å². The van der Waals surface area contributed by atoms with Crippen LogP contribution in [0.1, 0.15) is 21.5 Å². The smallest absolute Gasteiger partial charge is 0.253 e. The Balaban J connectivity index is 1.47. The van der Waals surface area contributed by atoms with Crippen molar-refractivity contribution in [3.63, 3.8) is 0 Å². The topological polar surface area (TPSA) is 58.2 Å². The van der Waals surface area contributed by atoms with Crippen LogP contribution in [0.5, 0.6) is 0 Å². The van der Waals surface area contributed by atoms with E-state index in [0.29, 0.717) is 17.8 Å². The van der Waals surface area contributed by atoms with Gasteiger partial charge in [-0.1, -0.05) is 84.9 Å². The Morgan fingerprint density at radius 1 is 0.700 bits per heavy atom. The average Bonchev–Trinajstić information content (AvgIpc) is 2.79. The lowest BCUT2D eigenvalue weighted by Crippen LogP contribution is -2.25. The van der Waals surface area contributed by atoms with Gasteiger partial charge in [0, 0.05) is 6.54 Å². The van der Waals surface area contributed by atoms with Crippen molar-refractivity contribution in [1.29, 1.82) is 0 Å². The van der Waals surface area contributed by atoms with Gasteiger partial charge in [0.2, 0.25) is 5.91 Å². The summed E-state index contributed by atoms with van der Waals surface area (Å²) in [5.74, 6) is -0.380. The third-order valence-electron chi connectivity index (χ3n) is 4.97. The van der Waals surface area contributed by atoms with E-state index in [9.17, 15) is 9.59 Å². The van der Waals surface area contributed by atoms with E-state index in [2.05, 4.69) is 10.6 Å². The Hall–Kier alpha value is -3.92. The standard InChI is InChI=1S/C26H22N2O2/c29-25(17-21-13-8-12-20-11-4-5-14-22(20)21)28-24-16-7-6-15-23(24)26(30)27-18-19-9-2-1-3-10-19/h1-16H,17-18H2,(H,27,30)(H,28,29). The summed E-state index contributed by atoms with van der Waals surface area (Å²) in [7, 11) is 0. The number of carbonyl (C=O) groups excluding carboxylic acids is 2. The molecule has 0 heterocycles. The zero-order chi connectivity index (χ0) is 20.8. The number of hydrogen-bond acceptors (Lipinski definition) is 2. The van der Waals surface area contributed by atoms with Gasteiger partial charge in [0.15, 0.2) is 0 Å². The van der Waals surface area contributed by atoms with Crippen LogP contribution in [0.2, 0.25) is 0 Å². The minimum atomic E-state index is -0.222. The lowest BCUT2D eigenvalue weighted by atomic mass is 10.0. The van der Waals surface area contributed by atoms with E-state index in [1.807, 2.05) is 78.9 Å². The molecular weight excluding hydrogens is 372 g/mol. The lowest BCUT2D eigenvalue weighted by Gasteiger charge is -2.12. The Labute approximate surface area is 175 Å². The van der Waals surface area contributed by atoms with Crippen LogP contribution in [0.25, 0.3) is 10.8 Å². The van der Waals surface area contributed by atoms with Crippen molar-refractivity contribution in [3.8, 4) is 0 Å². The van der Waals surface area contributed by atoms with E-state index in [-0.39, 0.29) is 18.2 Å². The van der Waals surface area contributed by atoms with Crippen molar-refractivity contribution >= 4 is 28.3 Å². The van der Waals surface area contributed by atoms with Gasteiger partial charge in [-0.15, -0.1) is 0 Å². The number of fused-ring (bicyclic) bond motifs is 1. The monoisotopic (exact) mass is 394 g/mol. The van der Waals surface area contributed by atoms with E-state index in [1.165, 1.54) is 0 Å². The van der Waals surface area contributed by atoms with Crippen LogP contribution in [0.3, 0.4) is 0 Å². The van der Waals surface area contributed by atoms with Gasteiger partial charge in [0.05, 0.1) is 17.7 Å². The Morgan fingerprint density at radius 3 is 2.27 bits per heavy atom. The molecule has 0 saturated heterocycles. The van der Waals surface area contributed by atoms with Crippen molar-refractivity contribution in [2.45, 2.75) is 13.0 Å². The van der Waals surface area contributed by atoms with Crippen molar-refractivity contribution in [1.82, 2.24) is 5.32 Å². The highest BCUT2D eigenvalue weighted by Crippen LogP contribution is 2.20. The van der Waals surface area contributed by atoms with E-state index in [1.54, 1.807) is 18.2 Å². The molecule has 0 aliphatic rings. The molecule has 2 amide bonds. The summed E-state index contributed by atoms with van der Waals surface area (Å²) in [6, 6.07) is 30.7. The van der Waals surface area contributed by atoms with Crippen LogP contribution in [0.15, 0.2) is 97.1 Å². The number of benzene rings is 4. The van der Waals surface area contributed by atoms with Gasteiger partial charge in [0.25, 0.3) is 5.91 Å². The zero-order valence-electron chi connectivity index (χ0n) is 16.5. The lowest BCUT2D eigenvalue weighted by molar-refractivity contribution is -0.115. The predicted molar refractivity (Wildman–Crippen MR) is 120 cm³/mol. The van der Waals surface area contributed by atoms with Crippen LogP contribution in [-0.4, -0.2) is 11.8 Å². The number of hydrogen-bond donors (Lipinski definition) is 2. The Morgan fingerprint density at radius 2 is 1.40 bits per heavy atom. The summed E-state index contributed by atoms with van der Waals surface area (Å²) in [5.41, 5.74) is 2.92.